The van der Waals surface area contributed by atoms with E-state index < -0.39 is 7.15 Å². The van der Waals surface area contributed by atoms with Crippen molar-refractivity contribution in [2.45, 2.75) is 25.2 Å². The summed E-state index contributed by atoms with van der Waals surface area (Å²) in [5, 5.41) is 2.96. The van der Waals surface area contributed by atoms with E-state index in [-0.39, 0.29) is 30.4 Å². The van der Waals surface area contributed by atoms with E-state index >= 15 is 0 Å². The molecule has 2 aliphatic rings. The van der Waals surface area contributed by atoms with Gasteiger partial charge in [0, 0.05) is 0 Å². The van der Waals surface area contributed by atoms with Crippen molar-refractivity contribution in [3.8, 4) is 0 Å². The Balaban J connectivity index is 1.67. The van der Waals surface area contributed by atoms with Crippen molar-refractivity contribution in [3.63, 3.8) is 0 Å². The maximum atomic E-state index is 11.8. The van der Waals surface area contributed by atoms with Gasteiger partial charge in [-0.15, -0.1) is 0 Å². The quantitative estimate of drug-likeness (QED) is 0.309. The van der Waals surface area contributed by atoms with Crippen LogP contribution in [0.5, 0.6) is 0 Å². The molecule has 1 aromatic rings. The summed E-state index contributed by atoms with van der Waals surface area (Å²) in [4.78, 5) is 38.5. The molecule has 3 heterocycles. The van der Waals surface area contributed by atoms with Crippen molar-refractivity contribution in [2.75, 3.05) is 29.2 Å². The Morgan fingerprint density at radius 1 is 1.55 bits per heavy atom. The van der Waals surface area contributed by atoms with E-state index in [4.69, 9.17) is 24.8 Å². The van der Waals surface area contributed by atoms with E-state index in [9.17, 15) is 4.79 Å². The predicted molar refractivity (Wildman–Crippen MR) is 85.8 cm³/mol. The maximum absolute atomic E-state index is 11.8. The van der Waals surface area contributed by atoms with Crippen molar-refractivity contribution in [2.24, 2.45) is 0 Å². The van der Waals surface area contributed by atoms with Crippen molar-refractivity contribution < 1.29 is 19.0 Å². The predicted octanol–water partition coefficient (Wildman–Crippen LogP) is -0.613. The first-order chi connectivity index (χ1) is 10.3. The number of nitrogens with two attached hydrogens (primary N) is 1. The summed E-state index contributed by atoms with van der Waals surface area (Å²) < 4.78 is 10.7. The molecule has 0 bridgehead atoms. The minimum absolute atomic E-state index is 0.0433. The van der Waals surface area contributed by atoms with Crippen LogP contribution in [0.15, 0.2) is 4.79 Å². The van der Waals surface area contributed by atoms with Crippen LogP contribution in [0.3, 0.4) is 0 Å². The van der Waals surface area contributed by atoms with Gasteiger partial charge in [0.1, 0.15) is 0 Å². The van der Waals surface area contributed by atoms with Crippen LogP contribution < -0.4 is 21.5 Å². The Kier molecular flexibility index (Phi) is 4.19. The second kappa shape index (κ2) is 5.84. The number of hydrogen-bond donors (Lipinski definition) is 6. The Labute approximate surface area is 131 Å². The molecule has 2 atom stereocenters. The van der Waals surface area contributed by atoms with Gasteiger partial charge >= 0.3 is 131 Å². The first-order valence-electron chi connectivity index (χ1n) is 6.70. The average molecular weight is 351 g/mol. The first-order valence-corrected chi connectivity index (χ1v) is 9.79. The Hall–Kier alpha value is -1.10. The second-order valence-electron chi connectivity index (χ2n) is 5.13. The summed E-state index contributed by atoms with van der Waals surface area (Å²) in [5.41, 5.74) is 5.62. The molecule has 124 valence electrons. The molecular formula is C10H18N5O5PS. The molecule has 3 rings (SSSR count). The number of nitrogens with one attached hydrogen (secondary N) is 2. The van der Waals surface area contributed by atoms with E-state index in [0.717, 1.165) is 0 Å². The van der Waals surface area contributed by atoms with Crippen molar-refractivity contribution >= 4 is 36.8 Å². The zero-order chi connectivity index (χ0) is 15.9. The van der Waals surface area contributed by atoms with E-state index in [1.165, 1.54) is 0 Å². The molecule has 0 aliphatic carbocycles. The molecular weight excluding hydrogens is 333 g/mol. The SMILES string of the molecule is Nc1nc2c(c(=O)[nH]1)NCN2[C@H]1CC[C@@H](CO[PH](O)(O)S)O1. The molecule has 0 unspecified atom stereocenters. The summed E-state index contributed by atoms with van der Waals surface area (Å²) in [6.45, 7) is 0.441. The third kappa shape index (κ3) is 3.29. The van der Waals surface area contributed by atoms with Crippen molar-refractivity contribution in [1.82, 2.24) is 9.97 Å². The first kappa shape index (κ1) is 15.8. The standard InChI is InChI=1S/C10H18N5O5PS/c11-10-13-8-7(9(16)14-10)12-4-15(8)6-2-1-5(20-6)3-19-21(17,18)22/h5-6,12,17-18,21-22H,1-4H2,(H3,11,13,14,16)/t5-,6+/m0/s1. The topological polar surface area (TPSA) is 146 Å². The van der Waals surface area contributed by atoms with E-state index in [1.54, 1.807) is 0 Å². The number of nitrogen functional groups attached to an aromatic ring is 1. The number of nitrogens with zero attached hydrogens (tertiary/aromatic N) is 2. The summed E-state index contributed by atoms with van der Waals surface area (Å²) >= 11 is 3.59. The van der Waals surface area contributed by atoms with E-state index in [0.29, 0.717) is 31.0 Å². The number of fused-ring (bicyclic) bond motifs is 1. The second-order valence-corrected chi connectivity index (χ2v) is 8.31. The average Bonchev–Trinajstić information content (AvgIpc) is 3.01. The molecule has 1 aromatic heterocycles. The molecule has 6 N–H and O–H groups in total. The molecule has 0 radical (unpaired) electrons. The minimum atomic E-state index is -3.84. The zero-order valence-electron chi connectivity index (χ0n) is 11.5. The Bertz CT molecular complexity index is 623. The van der Waals surface area contributed by atoms with Crippen LogP contribution in [0.1, 0.15) is 12.8 Å². The van der Waals surface area contributed by atoms with Gasteiger partial charge in [0.25, 0.3) is 0 Å². The van der Waals surface area contributed by atoms with Crippen LogP contribution in [0.4, 0.5) is 17.5 Å². The molecule has 10 nitrogen and oxygen atoms in total. The van der Waals surface area contributed by atoms with Crippen molar-refractivity contribution in [1.29, 1.82) is 0 Å². The number of aromatic amines is 1. The van der Waals surface area contributed by atoms with Crippen molar-refractivity contribution in [3.05, 3.63) is 10.4 Å². The summed E-state index contributed by atoms with van der Waals surface area (Å²) in [6.07, 6.45) is 0.825. The number of hydrogen-bond acceptors (Lipinski definition) is 10. The number of ether oxygens (including phenoxy) is 1. The van der Waals surface area contributed by atoms with Crippen LogP contribution >= 0.6 is 19.4 Å². The molecule has 1 saturated heterocycles. The fraction of sp³-hybridized carbons (Fsp3) is 0.600. The fourth-order valence-electron chi connectivity index (χ4n) is 2.57. The number of thiol groups is 1. The molecule has 22 heavy (non-hydrogen) atoms. The van der Waals surface area contributed by atoms with Crippen LogP contribution in [0.2, 0.25) is 0 Å². The Morgan fingerprint density at radius 3 is 3.05 bits per heavy atom. The molecule has 0 aromatic carbocycles. The molecule has 12 heteroatoms. The number of rotatable bonds is 4. The molecule has 1 fully saturated rings. The molecule has 0 spiro atoms. The molecule has 2 aliphatic heterocycles. The van der Waals surface area contributed by atoms with Gasteiger partial charge in [0.2, 0.25) is 0 Å². The number of H-pyrrole nitrogens is 1. The molecule has 0 amide bonds. The zero-order valence-corrected chi connectivity index (χ0v) is 13.4. The monoisotopic (exact) mass is 351 g/mol. The van der Waals surface area contributed by atoms with Gasteiger partial charge in [0.05, 0.1) is 0 Å². The van der Waals surface area contributed by atoms with Crippen LogP contribution in [-0.4, -0.2) is 45.4 Å². The Morgan fingerprint density at radius 2 is 2.32 bits per heavy atom. The van der Waals surface area contributed by atoms with Gasteiger partial charge < -0.3 is 0 Å². The summed E-state index contributed by atoms with van der Waals surface area (Å²) in [7, 11) is -3.84. The van der Waals surface area contributed by atoms with E-state index in [2.05, 4.69) is 27.5 Å². The van der Waals surface area contributed by atoms with Gasteiger partial charge in [-0.1, -0.05) is 0 Å². The normalized spacial score (nSPS) is 25.1. The number of aromatic nitrogens is 2. The summed E-state index contributed by atoms with van der Waals surface area (Å²) in [6, 6.07) is 0. The van der Waals surface area contributed by atoms with Crippen LogP contribution in [0, 0.1) is 0 Å². The van der Waals surface area contributed by atoms with Crippen LogP contribution in [-0.2, 0) is 9.26 Å². The van der Waals surface area contributed by atoms with Gasteiger partial charge in [-0.2, -0.15) is 0 Å². The van der Waals surface area contributed by atoms with Gasteiger partial charge in [-0.05, 0) is 0 Å². The van der Waals surface area contributed by atoms with E-state index in [1.807, 2.05) is 4.90 Å². The number of anilines is 3. The summed E-state index contributed by atoms with van der Waals surface area (Å²) in [5.74, 6) is 0.497. The fourth-order valence-corrected chi connectivity index (χ4v) is 3.20. The van der Waals surface area contributed by atoms with Gasteiger partial charge in [0.15, 0.2) is 0 Å². The van der Waals surface area contributed by atoms with Gasteiger partial charge in [-0.25, -0.2) is 0 Å². The van der Waals surface area contributed by atoms with Crippen LogP contribution in [0.25, 0.3) is 0 Å². The molecule has 0 saturated carbocycles. The third-order valence-electron chi connectivity index (χ3n) is 3.51. The van der Waals surface area contributed by atoms with Gasteiger partial charge in [-0.3, -0.25) is 0 Å². The third-order valence-corrected chi connectivity index (χ3v) is 4.45.